The molecule has 1 unspecified atom stereocenters. The topological polar surface area (TPSA) is 9.23 Å². The Labute approximate surface area is 123 Å². The molecule has 0 aliphatic carbocycles. The van der Waals surface area contributed by atoms with Crippen LogP contribution in [-0.2, 0) is 4.43 Å². The number of hydrogen-bond acceptors (Lipinski definition) is 1. The first-order valence-electron chi connectivity index (χ1n) is 6.48. The molecule has 0 aromatic rings. The standard InChI is InChI=1S/C14H29IOSi/c1-12(8-10-15)13(2)9-11-16-17(6,7)14(3,4)5/h9,12H,8,10-11H2,1-7H3/b13-9+. The molecule has 0 N–H and O–H groups in total. The maximum absolute atomic E-state index is 6.15. The highest BCUT2D eigenvalue weighted by atomic mass is 127. The van der Waals surface area contributed by atoms with Crippen molar-refractivity contribution in [1.82, 2.24) is 0 Å². The molecule has 0 heterocycles. The summed E-state index contributed by atoms with van der Waals surface area (Å²) in [6, 6.07) is 0. The van der Waals surface area contributed by atoms with Crippen molar-refractivity contribution in [3.05, 3.63) is 11.6 Å². The third-order valence-corrected chi connectivity index (χ3v) is 9.10. The molecule has 0 rings (SSSR count). The van der Waals surface area contributed by atoms with Gasteiger partial charge in [-0.2, -0.15) is 0 Å². The molecule has 3 heteroatoms. The summed E-state index contributed by atoms with van der Waals surface area (Å²) in [5.74, 6) is 0.690. The van der Waals surface area contributed by atoms with Gasteiger partial charge < -0.3 is 4.43 Å². The molecule has 0 aromatic heterocycles. The summed E-state index contributed by atoms with van der Waals surface area (Å²) in [6.45, 7) is 16.8. The summed E-state index contributed by atoms with van der Waals surface area (Å²) in [5.41, 5.74) is 1.47. The Hall–Kier alpha value is 0.647. The molecule has 0 bridgehead atoms. The minimum atomic E-state index is -1.57. The Morgan fingerprint density at radius 1 is 1.35 bits per heavy atom. The molecule has 0 aliphatic rings. The molecule has 0 saturated carbocycles. The van der Waals surface area contributed by atoms with Gasteiger partial charge in [-0.15, -0.1) is 0 Å². The van der Waals surface area contributed by atoms with E-state index in [0.29, 0.717) is 11.0 Å². The van der Waals surface area contributed by atoms with E-state index in [9.17, 15) is 0 Å². The van der Waals surface area contributed by atoms with Gasteiger partial charge in [-0.1, -0.05) is 61.9 Å². The van der Waals surface area contributed by atoms with Crippen molar-refractivity contribution in [1.29, 1.82) is 0 Å². The van der Waals surface area contributed by atoms with E-state index >= 15 is 0 Å². The fraction of sp³-hybridized carbons (Fsp3) is 0.857. The van der Waals surface area contributed by atoms with Gasteiger partial charge in [0.05, 0.1) is 6.61 Å². The maximum atomic E-state index is 6.15. The van der Waals surface area contributed by atoms with E-state index in [4.69, 9.17) is 4.43 Å². The van der Waals surface area contributed by atoms with Gasteiger partial charge >= 0.3 is 0 Å². The van der Waals surface area contributed by atoms with E-state index in [1.54, 1.807) is 0 Å². The van der Waals surface area contributed by atoms with Crippen molar-refractivity contribution in [3.63, 3.8) is 0 Å². The Balaban J connectivity index is 4.27. The van der Waals surface area contributed by atoms with Crippen molar-refractivity contribution in [3.8, 4) is 0 Å². The summed E-state index contributed by atoms with van der Waals surface area (Å²) in [7, 11) is -1.57. The quantitative estimate of drug-likeness (QED) is 0.263. The summed E-state index contributed by atoms with van der Waals surface area (Å²) in [6.07, 6.45) is 3.54. The highest BCUT2D eigenvalue weighted by Crippen LogP contribution is 2.36. The van der Waals surface area contributed by atoms with Gasteiger partial charge in [0.2, 0.25) is 0 Å². The molecule has 102 valence electrons. The van der Waals surface area contributed by atoms with Gasteiger partial charge in [0.1, 0.15) is 0 Å². The lowest BCUT2D eigenvalue weighted by Crippen LogP contribution is -2.40. The largest absolute Gasteiger partial charge is 0.413 e. The van der Waals surface area contributed by atoms with Gasteiger partial charge in [0, 0.05) is 4.43 Å². The highest BCUT2D eigenvalue weighted by Gasteiger charge is 2.36. The first kappa shape index (κ1) is 17.6. The number of hydrogen-bond donors (Lipinski definition) is 0. The Bertz CT molecular complexity index is 253. The molecule has 0 fully saturated rings. The van der Waals surface area contributed by atoms with Crippen molar-refractivity contribution in [2.45, 2.75) is 59.2 Å². The normalized spacial score (nSPS) is 16.1. The van der Waals surface area contributed by atoms with Crippen LogP contribution in [0.5, 0.6) is 0 Å². The van der Waals surface area contributed by atoms with Crippen LogP contribution < -0.4 is 0 Å². The number of allylic oxidation sites excluding steroid dienone is 1. The Kier molecular flexibility index (Phi) is 7.57. The van der Waals surface area contributed by atoms with Crippen molar-refractivity contribution in [2.24, 2.45) is 5.92 Å². The molecular weight excluding hydrogens is 339 g/mol. The van der Waals surface area contributed by atoms with Gasteiger partial charge in [-0.25, -0.2) is 0 Å². The van der Waals surface area contributed by atoms with E-state index in [-0.39, 0.29) is 0 Å². The maximum Gasteiger partial charge on any atom is 0.192 e. The van der Waals surface area contributed by atoms with E-state index in [1.165, 1.54) is 16.4 Å². The predicted molar refractivity (Wildman–Crippen MR) is 89.6 cm³/mol. The van der Waals surface area contributed by atoms with Crippen LogP contribution in [0.15, 0.2) is 11.6 Å². The first-order chi connectivity index (χ1) is 7.62. The summed E-state index contributed by atoms with van der Waals surface area (Å²) < 4.78 is 7.38. The van der Waals surface area contributed by atoms with Crippen LogP contribution >= 0.6 is 22.6 Å². The second kappa shape index (κ2) is 7.29. The van der Waals surface area contributed by atoms with Crippen LogP contribution in [0.2, 0.25) is 18.1 Å². The number of alkyl halides is 1. The van der Waals surface area contributed by atoms with Crippen LogP contribution in [-0.4, -0.2) is 19.4 Å². The zero-order valence-corrected chi connectivity index (χ0v) is 15.7. The smallest absolute Gasteiger partial charge is 0.192 e. The van der Waals surface area contributed by atoms with E-state index in [1.807, 2.05) is 0 Å². The molecule has 0 amide bonds. The molecule has 0 radical (unpaired) electrons. The Morgan fingerprint density at radius 2 is 1.88 bits per heavy atom. The van der Waals surface area contributed by atoms with Gasteiger partial charge in [0.25, 0.3) is 0 Å². The highest BCUT2D eigenvalue weighted by molar-refractivity contribution is 14.1. The minimum Gasteiger partial charge on any atom is -0.413 e. The zero-order chi connectivity index (χ0) is 13.7. The van der Waals surface area contributed by atoms with E-state index in [2.05, 4.69) is 76.4 Å². The third-order valence-electron chi connectivity index (χ3n) is 3.98. The molecular formula is C14H29IOSi. The second-order valence-electron chi connectivity index (χ2n) is 6.40. The summed E-state index contributed by atoms with van der Waals surface area (Å²) >= 11 is 2.45. The van der Waals surface area contributed by atoms with E-state index in [0.717, 1.165) is 6.61 Å². The molecule has 17 heavy (non-hydrogen) atoms. The molecule has 1 nitrogen and oxygen atoms in total. The van der Waals surface area contributed by atoms with Crippen LogP contribution in [0.25, 0.3) is 0 Å². The van der Waals surface area contributed by atoms with Crippen LogP contribution in [0.3, 0.4) is 0 Å². The lowest BCUT2D eigenvalue weighted by molar-refractivity contribution is 0.326. The SMILES string of the molecule is C/C(=C\CO[Si](C)(C)C(C)(C)C)C(C)CCI. The lowest BCUT2D eigenvalue weighted by Gasteiger charge is -2.35. The number of halogens is 1. The van der Waals surface area contributed by atoms with Crippen LogP contribution in [0, 0.1) is 5.92 Å². The van der Waals surface area contributed by atoms with Crippen molar-refractivity contribution >= 4 is 30.9 Å². The van der Waals surface area contributed by atoms with Gasteiger partial charge in [0.15, 0.2) is 8.32 Å². The molecule has 0 aromatic carbocycles. The zero-order valence-electron chi connectivity index (χ0n) is 12.6. The molecule has 0 aliphatic heterocycles. The molecule has 0 spiro atoms. The summed E-state index contributed by atoms with van der Waals surface area (Å²) in [5, 5.41) is 0.308. The average Bonchev–Trinajstić information content (AvgIpc) is 2.15. The molecule has 0 saturated heterocycles. The first-order valence-corrected chi connectivity index (χ1v) is 10.9. The lowest BCUT2D eigenvalue weighted by atomic mass is 10.0. The third kappa shape index (κ3) is 6.39. The van der Waals surface area contributed by atoms with E-state index < -0.39 is 8.32 Å². The minimum absolute atomic E-state index is 0.308. The van der Waals surface area contributed by atoms with Crippen molar-refractivity contribution in [2.75, 3.05) is 11.0 Å². The van der Waals surface area contributed by atoms with Crippen LogP contribution in [0.1, 0.15) is 41.0 Å². The number of rotatable bonds is 6. The fourth-order valence-corrected chi connectivity index (χ4v) is 3.06. The van der Waals surface area contributed by atoms with Gasteiger partial charge in [-0.3, -0.25) is 0 Å². The van der Waals surface area contributed by atoms with Crippen LogP contribution in [0.4, 0.5) is 0 Å². The predicted octanol–water partition coefficient (Wildman–Crippen LogP) is 5.42. The summed E-state index contributed by atoms with van der Waals surface area (Å²) in [4.78, 5) is 0. The second-order valence-corrected chi connectivity index (χ2v) is 12.3. The molecule has 1 atom stereocenters. The Morgan fingerprint density at radius 3 is 2.29 bits per heavy atom. The average molecular weight is 368 g/mol. The fourth-order valence-electron chi connectivity index (χ4n) is 1.19. The van der Waals surface area contributed by atoms with Gasteiger partial charge in [-0.05, 0) is 37.4 Å². The monoisotopic (exact) mass is 368 g/mol. The van der Waals surface area contributed by atoms with Crippen molar-refractivity contribution < 1.29 is 4.43 Å².